The van der Waals surface area contributed by atoms with Crippen LogP contribution in [0.2, 0.25) is 0 Å². The van der Waals surface area contributed by atoms with Crippen LogP contribution in [0.4, 0.5) is 0 Å². The van der Waals surface area contributed by atoms with Crippen molar-refractivity contribution >= 4 is 0 Å². The molecule has 0 amide bonds. The van der Waals surface area contributed by atoms with Crippen molar-refractivity contribution in [2.75, 3.05) is 41.7 Å². The smallest absolute Gasteiger partial charge is 0.161 e. The van der Waals surface area contributed by atoms with Crippen LogP contribution in [0, 0.1) is 5.92 Å². The summed E-state index contributed by atoms with van der Waals surface area (Å²) in [5.41, 5.74) is 1.99. The summed E-state index contributed by atoms with van der Waals surface area (Å²) in [7, 11) is 6.56. The Hall–Kier alpha value is -2.48. The maximum atomic E-state index is 6.86. The van der Waals surface area contributed by atoms with Gasteiger partial charge in [0.25, 0.3) is 0 Å². The summed E-state index contributed by atoms with van der Waals surface area (Å²) >= 11 is 0. The highest BCUT2D eigenvalue weighted by Gasteiger charge is 2.65. The molecule has 0 saturated carbocycles. The fourth-order valence-corrected chi connectivity index (χ4v) is 5.57. The molecule has 3 aliphatic rings. The minimum Gasteiger partial charge on any atom is -0.493 e. The van der Waals surface area contributed by atoms with Gasteiger partial charge in [-0.2, -0.15) is 0 Å². The Balaban J connectivity index is 1.56. The second-order valence-corrected chi connectivity index (χ2v) is 9.03. The summed E-state index contributed by atoms with van der Waals surface area (Å²) in [4.78, 5) is 0. The summed E-state index contributed by atoms with van der Waals surface area (Å²) in [6.07, 6.45) is -0.419. The average Bonchev–Trinajstić information content (AvgIpc) is 3.33. The number of benzene rings is 2. The van der Waals surface area contributed by atoms with Crippen molar-refractivity contribution in [2.24, 2.45) is 5.92 Å². The normalized spacial score (nSPS) is 29.6. The van der Waals surface area contributed by atoms with Crippen LogP contribution in [0.5, 0.6) is 23.0 Å². The molecule has 0 N–H and O–H groups in total. The molecule has 2 saturated heterocycles. The number of hydrogen-bond acceptors (Lipinski definition) is 7. The Labute approximate surface area is 188 Å². The van der Waals surface area contributed by atoms with Gasteiger partial charge in [-0.1, -0.05) is 6.07 Å². The van der Waals surface area contributed by atoms with Crippen LogP contribution in [0.1, 0.15) is 42.7 Å². The van der Waals surface area contributed by atoms with Crippen molar-refractivity contribution in [1.29, 1.82) is 0 Å². The molecule has 172 valence electrons. The van der Waals surface area contributed by atoms with E-state index in [9.17, 15) is 0 Å². The van der Waals surface area contributed by atoms with Gasteiger partial charge < -0.3 is 33.2 Å². The first-order valence-electron chi connectivity index (χ1n) is 10.8. The van der Waals surface area contributed by atoms with Crippen molar-refractivity contribution < 1.29 is 33.2 Å². The van der Waals surface area contributed by atoms with Crippen LogP contribution in [0.3, 0.4) is 0 Å². The van der Waals surface area contributed by atoms with E-state index in [1.807, 2.05) is 30.3 Å². The summed E-state index contributed by atoms with van der Waals surface area (Å²) in [5.74, 6) is 2.76. The second-order valence-electron chi connectivity index (χ2n) is 9.03. The minimum absolute atomic E-state index is 0.0334. The molecule has 0 radical (unpaired) electrons. The topological polar surface area (TPSA) is 64.6 Å². The monoisotopic (exact) mass is 442 g/mol. The first kappa shape index (κ1) is 21.4. The van der Waals surface area contributed by atoms with Crippen molar-refractivity contribution in [3.63, 3.8) is 0 Å². The minimum atomic E-state index is -0.589. The molecule has 0 aromatic heterocycles. The summed E-state index contributed by atoms with van der Waals surface area (Å²) in [5, 5.41) is 0. The van der Waals surface area contributed by atoms with Crippen LogP contribution in [-0.2, 0) is 19.8 Å². The Kier molecular flexibility index (Phi) is 5.04. The van der Waals surface area contributed by atoms with E-state index in [0.717, 1.165) is 16.7 Å². The predicted molar refractivity (Wildman–Crippen MR) is 117 cm³/mol. The number of ether oxygens (including phenoxy) is 7. The third-order valence-electron chi connectivity index (χ3n) is 7.04. The summed E-state index contributed by atoms with van der Waals surface area (Å²) in [6.45, 7) is 5.15. The first-order valence-corrected chi connectivity index (χ1v) is 10.8. The zero-order chi connectivity index (χ0) is 22.7. The van der Waals surface area contributed by atoms with E-state index < -0.39 is 11.2 Å². The standard InChI is InChI=1S/C25H30O7/c1-24(2)16-11-21(29-6)20(28-5)10-15(16)23-25(32-24)13-31-22(17(25)12-30-23)14-7-8-18(26-3)19(9-14)27-4/h7-11,17,22-23H,12-13H2,1-6H3/t17-,22-,23-,25-/m1/s1. The lowest BCUT2D eigenvalue weighted by Gasteiger charge is -2.47. The lowest BCUT2D eigenvalue weighted by molar-refractivity contribution is -0.196. The molecule has 0 aliphatic carbocycles. The van der Waals surface area contributed by atoms with E-state index in [4.69, 9.17) is 33.2 Å². The van der Waals surface area contributed by atoms with Gasteiger partial charge in [0, 0.05) is 5.92 Å². The second kappa shape index (κ2) is 7.54. The van der Waals surface area contributed by atoms with Crippen LogP contribution >= 0.6 is 0 Å². The van der Waals surface area contributed by atoms with Gasteiger partial charge in [-0.05, 0) is 54.8 Å². The van der Waals surface area contributed by atoms with E-state index in [-0.39, 0.29) is 18.1 Å². The van der Waals surface area contributed by atoms with E-state index >= 15 is 0 Å². The quantitative estimate of drug-likeness (QED) is 0.688. The molecular weight excluding hydrogens is 412 g/mol. The fourth-order valence-electron chi connectivity index (χ4n) is 5.57. The largest absolute Gasteiger partial charge is 0.493 e. The molecule has 2 fully saturated rings. The molecule has 0 unspecified atom stereocenters. The maximum absolute atomic E-state index is 6.86. The molecule has 32 heavy (non-hydrogen) atoms. The Morgan fingerprint density at radius 1 is 0.812 bits per heavy atom. The molecule has 7 nitrogen and oxygen atoms in total. The lowest BCUT2D eigenvalue weighted by atomic mass is 9.74. The van der Waals surface area contributed by atoms with Gasteiger partial charge in [0.15, 0.2) is 23.0 Å². The van der Waals surface area contributed by atoms with Crippen molar-refractivity contribution in [1.82, 2.24) is 0 Å². The molecule has 7 heteroatoms. The Bertz CT molecular complexity index is 1030. The SMILES string of the molecule is COc1ccc([C@H]2OC[C@]34OC(C)(C)c5cc(OC)c(OC)cc5[C@H]3OC[C@H]24)cc1OC. The van der Waals surface area contributed by atoms with Crippen LogP contribution in [0.25, 0.3) is 0 Å². The molecule has 4 atom stereocenters. The van der Waals surface area contributed by atoms with E-state index in [1.54, 1.807) is 28.4 Å². The lowest BCUT2D eigenvalue weighted by Crippen LogP contribution is -2.51. The third-order valence-corrected chi connectivity index (χ3v) is 7.04. The number of fused-ring (bicyclic) bond motifs is 2. The molecule has 2 aromatic carbocycles. The molecular formula is C25H30O7. The zero-order valence-corrected chi connectivity index (χ0v) is 19.4. The number of rotatable bonds is 5. The summed E-state index contributed by atoms with van der Waals surface area (Å²) in [6, 6.07) is 9.93. The number of hydrogen-bond donors (Lipinski definition) is 0. The number of methoxy groups -OCH3 is 4. The van der Waals surface area contributed by atoms with E-state index in [1.165, 1.54) is 0 Å². The maximum Gasteiger partial charge on any atom is 0.161 e. The van der Waals surface area contributed by atoms with Gasteiger partial charge >= 0.3 is 0 Å². The highest BCUT2D eigenvalue weighted by Crippen LogP contribution is 2.61. The molecule has 3 heterocycles. The molecule has 0 bridgehead atoms. The zero-order valence-electron chi connectivity index (χ0n) is 19.4. The van der Waals surface area contributed by atoms with Crippen LogP contribution in [-0.4, -0.2) is 47.3 Å². The highest BCUT2D eigenvalue weighted by atomic mass is 16.6. The fraction of sp³-hybridized carbons (Fsp3) is 0.520. The summed E-state index contributed by atoms with van der Waals surface area (Å²) < 4.78 is 41.7. The van der Waals surface area contributed by atoms with Crippen LogP contribution < -0.4 is 18.9 Å². The van der Waals surface area contributed by atoms with E-state index in [2.05, 4.69) is 13.8 Å². The predicted octanol–water partition coefficient (Wildman–Crippen LogP) is 4.18. The third kappa shape index (κ3) is 2.91. The van der Waals surface area contributed by atoms with Gasteiger partial charge in [0.2, 0.25) is 0 Å². The van der Waals surface area contributed by atoms with Crippen molar-refractivity contribution in [3.8, 4) is 23.0 Å². The highest BCUT2D eigenvalue weighted by molar-refractivity contribution is 5.52. The van der Waals surface area contributed by atoms with Gasteiger partial charge in [-0.25, -0.2) is 0 Å². The average molecular weight is 443 g/mol. The Morgan fingerprint density at radius 2 is 1.47 bits per heavy atom. The van der Waals surface area contributed by atoms with Crippen molar-refractivity contribution in [2.45, 2.75) is 37.3 Å². The van der Waals surface area contributed by atoms with Crippen LogP contribution in [0.15, 0.2) is 30.3 Å². The van der Waals surface area contributed by atoms with Crippen molar-refractivity contribution in [3.05, 3.63) is 47.0 Å². The van der Waals surface area contributed by atoms with Gasteiger partial charge in [0.05, 0.1) is 53.4 Å². The van der Waals surface area contributed by atoms with Gasteiger partial charge in [-0.3, -0.25) is 0 Å². The molecule has 1 spiro atoms. The van der Waals surface area contributed by atoms with E-state index in [0.29, 0.717) is 36.2 Å². The first-order chi connectivity index (χ1) is 15.4. The van der Waals surface area contributed by atoms with Gasteiger partial charge in [-0.15, -0.1) is 0 Å². The van der Waals surface area contributed by atoms with Gasteiger partial charge in [0.1, 0.15) is 11.7 Å². The molecule has 3 aliphatic heterocycles. The molecule has 5 rings (SSSR count). The molecule has 2 aromatic rings. The Morgan fingerprint density at radius 3 is 2.16 bits per heavy atom.